The van der Waals surface area contributed by atoms with E-state index in [1.165, 1.54) is 18.2 Å². The van der Waals surface area contributed by atoms with Gasteiger partial charge in [-0.25, -0.2) is 8.42 Å². The Balaban J connectivity index is 3.28. The molecule has 0 saturated heterocycles. The lowest BCUT2D eigenvalue weighted by molar-refractivity contribution is -0.384. The third-order valence-electron chi connectivity index (χ3n) is 2.05. The van der Waals surface area contributed by atoms with Crippen LogP contribution >= 0.6 is 27.5 Å². The van der Waals surface area contributed by atoms with Crippen molar-refractivity contribution in [2.75, 3.05) is 6.26 Å². The van der Waals surface area contributed by atoms with Crippen LogP contribution < -0.4 is 0 Å². The Morgan fingerprint density at radius 1 is 1.50 bits per heavy atom. The summed E-state index contributed by atoms with van der Waals surface area (Å²) in [7, 11) is -3.92. The Bertz CT molecular complexity index is 613. The second-order valence-corrected chi connectivity index (χ2v) is 8.54. The van der Waals surface area contributed by atoms with Crippen LogP contribution in [0.4, 0.5) is 5.69 Å². The number of carbonyl (C=O) groups excluding carboxylic acids is 1. The van der Waals surface area contributed by atoms with Gasteiger partial charge in [0, 0.05) is 24.0 Å². The van der Waals surface area contributed by atoms with Crippen molar-refractivity contribution in [2.45, 2.75) is 3.12 Å². The lowest BCUT2D eigenvalue weighted by Gasteiger charge is -2.16. The highest BCUT2D eigenvalue weighted by atomic mass is 79.9. The maximum atomic E-state index is 11.9. The molecule has 0 aliphatic rings. The zero-order chi connectivity index (χ0) is 14.1. The summed E-state index contributed by atoms with van der Waals surface area (Å²) in [4.78, 5) is 21.8. The molecular formula is C9H7BrClNO5S. The Labute approximate surface area is 116 Å². The van der Waals surface area contributed by atoms with E-state index in [-0.39, 0.29) is 11.3 Å². The van der Waals surface area contributed by atoms with Gasteiger partial charge in [0.2, 0.25) is 5.78 Å². The minimum absolute atomic E-state index is 0.165. The molecule has 0 aliphatic carbocycles. The van der Waals surface area contributed by atoms with Gasteiger partial charge in [0.1, 0.15) is 0 Å². The molecule has 0 heterocycles. The minimum Gasteiger partial charge on any atom is -0.290 e. The van der Waals surface area contributed by atoms with Crippen LogP contribution in [0.2, 0.25) is 0 Å². The molecule has 9 heteroatoms. The van der Waals surface area contributed by atoms with E-state index in [0.717, 1.165) is 12.3 Å². The summed E-state index contributed by atoms with van der Waals surface area (Å²) >= 11 is 8.26. The van der Waals surface area contributed by atoms with Gasteiger partial charge in [0.25, 0.3) is 8.80 Å². The largest absolute Gasteiger partial charge is 0.290 e. The third kappa shape index (κ3) is 2.88. The molecular weight excluding hydrogens is 350 g/mol. The quantitative estimate of drug-likeness (QED) is 0.356. The first-order chi connectivity index (χ1) is 8.07. The molecule has 0 fully saturated rings. The lowest BCUT2D eigenvalue weighted by Crippen LogP contribution is -2.34. The van der Waals surface area contributed by atoms with Gasteiger partial charge >= 0.3 is 0 Å². The Morgan fingerprint density at radius 2 is 2.06 bits per heavy atom. The van der Waals surface area contributed by atoms with Crippen molar-refractivity contribution in [3.8, 4) is 0 Å². The smallest absolute Gasteiger partial charge is 0.270 e. The molecule has 0 spiro atoms. The molecule has 1 unspecified atom stereocenters. The van der Waals surface area contributed by atoms with E-state index in [1.807, 2.05) is 0 Å². The van der Waals surface area contributed by atoms with E-state index in [4.69, 9.17) is 11.6 Å². The number of benzene rings is 1. The molecule has 1 atom stereocenters. The van der Waals surface area contributed by atoms with Crippen LogP contribution in [0, 0.1) is 10.1 Å². The Morgan fingerprint density at radius 3 is 2.50 bits per heavy atom. The first-order valence-corrected chi connectivity index (χ1v) is 7.50. The number of Topliss-reactive ketones (excluding diaryl/α,β-unsaturated/α-hetero) is 1. The monoisotopic (exact) mass is 355 g/mol. The maximum absolute atomic E-state index is 11.9. The van der Waals surface area contributed by atoms with Crippen molar-refractivity contribution in [3.05, 3.63) is 39.9 Å². The summed E-state index contributed by atoms with van der Waals surface area (Å²) < 4.78 is 20.4. The molecule has 0 N–H and O–H groups in total. The highest BCUT2D eigenvalue weighted by molar-refractivity contribution is 9.12. The zero-order valence-corrected chi connectivity index (χ0v) is 12.1. The summed E-state index contributed by atoms with van der Waals surface area (Å²) in [5.74, 6) is -0.977. The summed E-state index contributed by atoms with van der Waals surface area (Å²) in [5.41, 5.74) is -0.490. The first kappa shape index (κ1) is 15.1. The number of nitrogens with zero attached hydrogens (tertiary/aromatic N) is 1. The summed E-state index contributed by atoms with van der Waals surface area (Å²) in [6.07, 6.45) is 0.782. The number of halogens is 2. The van der Waals surface area contributed by atoms with Crippen LogP contribution in [-0.2, 0) is 9.84 Å². The number of rotatable bonds is 4. The van der Waals surface area contributed by atoms with Crippen molar-refractivity contribution in [2.24, 2.45) is 0 Å². The number of hydrogen-bond donors (Lipinski definition) is 0. The van der Waals surface area contributed by atoms with Crippen molar-refractivity contribution < 1.29 is 18.1 Å². The molecule has 0 radical (unpaired) electrons. The normalized spacial score (nSPS) is 14.8. The average Bonchev–Trinajstić information content (AvgIpc) is 2.26. The number of nitro benzene ring substituents is 1. The Kier molecular flexibility index (Phi) is 4.14. The van der Waals surface area contributed by atoms with Gasteiger partial charge < -0.3 is 0 Å². The second-order valence-electron chi connectivity index (χ2n) is 3.43. The zero-order valence-electron chi connectivity index (χ0n) is 8.96. The molecule has 98 valence electrons. The van der Waals surface area contributed by atoms with Crippen molar-refractivity contribution >= 4 is 48.8 Å². The van der Waals surface area contributed by atoms with E-state index in [1.54, 1.807) is 0 Å². The van der Waals surface area contributed by atoms with Crippen LogP contribution in [0.25, 0.3) is 0 Å². The van der Waals surface area contributed by atoms with Crippen LogP contribution in [0.5, 0.6) is 0 Å². The van der Waals surface area contributed by atoms with Gasteiger partial charge in [0.15, 0.2) is 9.84 Å². The number of nitro groups is 1. The van der Waals surface area contributed by atoms with E-state index in [0.29, 0.717) is 0 Å². The molecule has 0 aromatic heterocycles. The highest BCUT2D eigenvalue weighted by Gasteiger charge is 2.44. The lowest BCUT2D eigenvalue weighted by atomic mass is 10.1. The van der Waals surface area contributed by atoms with E-state index >= 15 is 0 Å². The molecule has 6 nitrogen and oxygen atoms in total. The van der Waals surface area contributed by atoms with Gasteiger partial charge in [-0.1, -0.05) is 23.7 Å². The summed E-state index contributed by atoms with van der Waals surface area (Å²) in [6.45, 7) is 0. The fourth-order valence-electron chi connectivity index (χ4n) is 1.10. The molecule has 1 rings (SSSR count). The van der Waals surface area contributed by atoms with Gasteiger partial charge in [-0.15, -0.1) is 0 Å². The Hall–Kier alpha value is -0.990. The van der Waals surface area contributed by atoms with Gasteiger partial charge in [-0.05, 0) is 15.9 Å². The van der Waals surface area contributed by atoms with Crippen molar-refractivity contribution in [3.63, 3.8) is 0 Å². The number of hydrogen-bond acceptors (Lipinski definition) is 5. The topological polar surface area (TPSA) is 94.3 Å². The summed E-state index contributed by atoms with van der Waals surface area (Å²) in [5, 5.41) is 10.6. The molecule has 18 heavy (non-hydrogen) atoms. The number of alkyl halides is 2. The fraction of sp³-hybridized carbons (Fsp3) is 0.222. The van der Waals surface area contributed by atoms with E-state index < -0.39 is 23.7 Å². The predicted molar refractivity (Wildman–Crippen MR) is 69.8 cm³/mol. The summed E-state index contributed by atoms with van der Waals surface area (Å²) in [6, 6.07) is 4.67. The molecule has 0 bridgehead atoms. The van der Waals surface area contributed by atoms with Crippen LogP contribution in [0.3, 0.4) is 0 Å². The maximum Gasteiger partial charge on any atom is 0.270 e. The number of sulfone groups is 1. The number of non-ortho nitro benzene ring substituents is 1. The number of carbonyl (C=O) groups is 1. The van der Waals surface area contributed by atoms with Crippen LogP contribution in [-0.4, -0.2) is 28.5 Å². The SMILES string of the molecule is CS(=O)(=O)C(Cl)(Br)C(=O)c1cccc([N+](=O)[O-])c1. The van der Waals surface area contributed by atoms with Gasteiger partial charge in [0.05, 0.1) is 4.92 Å². The standard InChI is InChI=1S/C9H7BrClNO5S/c1-18(16,17)9(10,11)8(13)6-3-2-4-7(5-6)12(14)15/h2-5H,1H3. The van der Waals surface area contributed by atoms with Gasteiger partial charge in [-0.2, -0.15) is 0 Å². The van der Waals surface area contributed by atoms with Crippen molar-refractivity contribution in [1.82, 2.24) is 0 Å². The van der Waals surface area contributed by atoms with Crippen LogP contribution in [0.1, 0.15) is 10.4 Å². The van der Waals surface area contributed by atoms with Gasteiger partial charge in [-0.3, -0.25) is 14.9 Å². The second kappa shape index (κ2) is 4.94. The van der Waals surface area contributed by atoms with E-state index in [9.17, 15) is 23.3 Å². The molecule has 1 aromatic rings. The fourth-order valence-corrected chi connectivity index (χ4v) is 1.89. The molecule has 0 saturated carbocycles. The molecule has 0 amide bonds. The first-order valence-electron chi connectivity index (χ1n) is 4.44. The highest BCUT2D eigenvalue weighted by Crippen LogP contribution is 2.34. The molecule has 1 aromatic carbocycles. The minimum atomic E-state index is -3.92. The molecule has 0 aliphatic heterocycles. The number of ketones is 1. The average molecular weight is 357 g/mol. The van der Waals surface area contributed by atoms with Crippen LogP contribution in [0.15, 0.2) is 24.3 Å². The predicted octanol–water partition coefficient (Wildman–Crippen LogP) is 2.11. The third-order valence-corrected chi connectivity index (χ3v) is 6.30. The van der Waals surface area contributed by atoms with E-state index in [2.05, 4.69) is 15.9 Å². The van der Waals surface area contributed by atoms with Crippen molar-refractivity contribution in [1.29, 1.82) is 0 Å².